The van der Waals surface area contributed by atoms with Crippen molar-refractivity contribution < 1.29 is 9.59 Å². The number of fused-ring (bicyclic) bond motifs is 1. The summed E-state index contributed by atoms with van der Waals surface area (Å²) in [6.07, 6.45) is 7.73. The Labute approximate surface area is 187 Å². The van der Waals surface area contributed by atoms with Gasteiger partial charge in [-0.2, -0.15) is 5.10 Å². The number of rotatable bonds is 5. The molecule has 0 unspecified atom stereocenters. The van der Waals surface area contributed by atoms with Crippen LogP contribution < -0.4 is 5.32 Å². The monoisotopic (exact) mass is 440 g/mol. The highest BCUT2D eigenvalue weighted by molar-refractivity contribution is 6.31. The summed E-state index contributed by atoms with van der Waals surface area (Å²) in [6.45, 7) is 2.50. The normalized spacial score (nSPS) is 24.2. The van der Waals surface area contributed by atoms with Gasteiger partial charge in [-0.1, -0.05) is 49.1 Å². The van der Waals surface area contributed by atoms with Gasteiger partial charge in [0.15, 0.2) is 0 Å². The maximum Gasteiger partial charge on any atom is 0.273 e. The van der Waals surface area contributed by atoms with Crippen LogP contribution in [0.15, 0.2) is 30.3 Å². The van der Waals surface area contributed by atoms with E-state index in [1.54, 1.807) is 9.58 Å². The summed E-state index contributed by atoms with van der Waals surface area (Å²) in [5.74, 6) is 0.186. The molecule has 0 bridgehead atoms. The lowest BCUT2D eigenvalue weighted by atomic mass is 9.91. The summed E-state index contributed by atoms with van der Waals surface area (Å²) in [7, 11) is 0. The first-order valence-electron chi connectivity index (χ1n) is 11.4. The van der Waals surface area contributed by atoms with Gasteiger partial charge in [-0.05, 0) is 50.3 Å². The van der Waals surface area contributed by atoms with Crippen LogP contribution >= 0.6 is 11.6 Å². The van der Waals surface area contributed by atoms with Crippen molar-refractivity contribution in [1.82, 2.24) is 20.0 Å². The predicted octanol–water partition coefficient (Wildman–Crippen LogP) is 4.28. The fourth-order valence-corrected chi connectivity index (χ4v) is 5.07. The summed E-state index contributed by atoms with van der Waals surface area (Å²) in [4.78, 5) is 28.9. The Morgan fingerprint density at radius 1 is 1.19 bits per heavy atom. The highest BCUT2D eigenvalue weighted by atomic mass is 35.5. The highest BCUT2D eigenvalue weighted by Crippen LogP contribution is 2.41. The van der Waals surface area contributed by atoms with Gasteiger partial charge < -0.3 is 10.2 Å². The maximum absolute atomic E-state index is 13.6. The Morgan fingerprint density at radius 3 is 2.65 bits per heavy atom. The van der Waals surface area contributed by atoms with E-state index in [9.17, 15) is 9.59 Å². The van der Waals surface area contributed by atoms with E-state index in [0.29, 0.717) is 23.2 Å². The third-order valence-corrected chi connectivity index (χ3v) is 7.40. The standard InChI is InChI=1S/C24H29ClN4O2/c1-24(23(31)26-18-8-3-2-4-9-18)15-29-21(13-20(27-29)16-11-12-16)22(30)28(24)14-17-7-5-6-10-19(17)25/h5-7,10,13,16,18H,2-4,8-9,11-12,14-15H2,1H3,(H,26,31)/t24-/m0/s1. The maximum atomic E-state index is 13.6. The number of benzene rings is 1. The molecular weight excluding hydrogens is 412 g/mol. The van der Waals surface area contributed by atoms with Crippen molar-refractivity contribution in [3.8, 4) is 0 Å². The second-order valence-electron chi connectivity index (χ2n) is 9.45. The Kier molecular flexibility index (Phi) is 5.29. The summed E-state index contributed by atoms with van der Waals surface area (Å²) in [5.41, 5.74) is 1.34. The second-order valence-corrected chi connectivity index (χ2v) is 9.86. The van der Waals surface area contributed by atoms with Crippen molar-refractivity contribution in [2.45, 2.75) is 82.5 Å². The molecule has 0 saturated heterocycles. The van der Waals surface area contributed by atoms with Crippen LogP contribution in [-0.2, 0) is 17.9 Å². The van der Waals surface area contributed by atoms with E-state index in [-0.39, 0.29) is 24.4 Å². The lowest BCUT2D eigenvalue weighted by Crippen LogP contribution is -2.64. The third-order valence-electron chi connectivity index (χ3n) is 7.03. The molecule has 3 aliphatic rings. The van der Waals surface area contributed by atoms with Crippen LogP contribution in [0.25, 0.3) is 0 Å². The highest BCUT2D eigenvalue weighted by Gasteiger charge is 2.49. The number of hydrogen-bond acceptors (Lipinski definition) is 3. The molecule has 0 radical (unpaired) electrons. The molecule has 2 heterocycles. The molecule has 6 nitrogen and oxygen atoms in total. The van der Waals surface area contributed by atoms with Crippen molar-refractivity contribution in [3.05, 3.63) is 52.3 Å². The van der Waals surface area contributed by atoms with Crippen LogP contribution in [0, 0.1) is 0 Å². The van der Waals surface area contributed by atoms with Crippen LogP contribution in [0.5, 0.6) is 0 Å². The minimum Gasteiger partial charge on any atom is -0.351 e. The Hall–Kier alpha value is -2.34. The average Bonchev–Trinajstić information content (AvgIpc) is 3.53. The van der Waals surface area contributed by atoms with E-state index in [1.165, 1.54) is 6.42 Å². The van der Waals surface area contributed by atoms with Crippen molar-refractivity contribution in [2.24, 2.45) is 0 Å². The number of hydrogen-bond donors (Lipinski definition) is 1. The van der Waals surface area contributed by atoms with Crippen LogP contribution in [0.3, 0.4) is 0 Å². The molecule has 1 atom stereocenters. The lowest BCUT2D eigenvalue weighted by molar-refractivity contribution is -0.134. The Bertz CT molecular complexity index is 1010. The third kappa shape index (κ3) is 3.86. The zero-order chi connectivity index (χ0) is 21.6. The van der Waals surface area contributed by atoms with Gasteiger partial charge in [0.1, 0.15) is 11.2 Å². The number of carbonyl (C=O) groups is 2. The van der Waals surface area contributed by atoms with Crippen molar-refractivity contribution in [3.63, 3.8) is 0 Å². The first kappa shape index (κ1) is 20.6. The van der Waals surface area contributed by atoms with Gasteiger partial charge >= 0.3 is 0 Å². The topological polar surface area (TPSA) is 67.2 Å². The fourth-order valence-electron chi connectivity index (χ4n) is 4.87. The SMILES string of the molecule is C[C@@]1(C(=O)NC2CCCCC2)Cn2nc(C3CC3)cc2C(=O)N1Cc1ccccc1Cl. The molecule has 31 heavy (non-hydrogen) atoms. The molecule has 2 fully saturated rings. The quantitative estimate of drug-likeness (QED) is 0.754. The first-order valence-corrected chi connectivity index (χ1v) is 11.8. The molecule has 1 aromatic heterocycles. The Morgan fingerprint density at radius 2 is 1.94 bits per heavy atom. The van der Waals surface area contributed by atoms with Crippen LogP contribution in [0.1, 0.15) is 79.5 Å². The molecule has 164 valence electrons. The van der Waals surface area contributed by atoms with Crippen LogP contribution in [0.4, 0.5) is 0 Å². The van der Waals surface area contributed by atoms with Gasteiger partial charge in [0.05, 0.1) is 12.2 Å². The molecule has 2 saturated carbocycles. The minimum absolute atomic E-state index is 0.103. The molecule has 2 amide bonds. The van der Waals surface area contributed by atoms with Gasteiger partial charge in [0.2, 0.25) is 5.91 Å². The number of carbonyl (C=O) groups excluding carboxylic acids is 2. The molecule has 1 aliphatic heterocycles. The van der Waals surface area contributed by atoms with Gasteiger partial charge in [0, 0.05) is 23.5 Å². The molecule has 7 heteroatoms. The number of aromatic nitrogens is 2. The second kappa shape index (κ2) is 7.97. The van der Waals surface area contributed by atoms with Crippen molar-refractivity contribution in [2.75, 3.05) is 0 Å². The number of nitrogens with zero attached hydrogens (tertiary/aromatic N) is 3. The van der Waals surface area contributed by atoms with E-state index >= 15 is 0 Å². The fraction of sp³-hybridized carbons (Fsp3) is 0.542. The van der Waals surface area contributed by atoms with Gasteiger partial charge in [-0.25, -0.2) is 0 Å². The van der Waals surface area contributed by atoms with E-state index in [2.05, 4.69) is 5.32 Å². The smallest absolute Gasteiger partial charge is 0.273 e. The van der Waals surface area contributed by atoms with E-state index in [0.717, 1.165) is 49.8 Å². The predicted molar refractivity (Wildman–Crippen MR) is 119 cm³/mol. The van der Waals surface area contributed by atoms with Crippen LogP contribution in [-0.4, -0.2) is 38.1 Å². The van der Waals surface area contributed by atoms with Crippen molar-refractivity contribution in [1.29, 1.82) is 0 Å². The van der Waals surface area contributed by atoms with Gasteiger partial charge in [0.25, 0.3) is 5.91 Å². The van der Waals surface area contributed by atoms with E-state index < -0.39 is 5.54 Å². The summed E-state index contributed by atoms with van der Waals surface area (Å²) < 4.78 is 1.75. The average molecular weight is 441 g/mol. The van der Waals surface area contributed by atoms with Gasteiger partial charge in [-0.3, -0.25) is 14.3 Å². The molecule has 1 N–H and O–H groups in total. The number of amides is 2. The summed E-state index contributed by atoms with van der Waals surface area (Å²) in [5, 5.41) is 8.56. The lowest BCUT2D eigenvalue weighted by Gasteiger charge is -2.44. The Balaban J connectivity index is 1.49. The molecule has 1 aromatic carbocycles. The molecule has 5 rings (SSSR count). The number of halogens is 1. The molecule has 2 aromatic rings. The molecule has 2 aliphatic carbocycles. The zero-order valence-corrected chi connectivity index (χ0v) is 18.7. The largest absolute Gasteiger partial charge is 0.351 e. The summed E-state index contributed by atoms with van der Waals surface area (Å²) in [6, 6.07) is 9.60. The minimum atomic E-state index is -1.03. The van der Waals surface area contributed by atoms with E-state index in [1.807, 2.05) is 37.3 Å². The van der Waals surface area contributed by atoms with Gasteiger partial charge in [-0.15, -0.1) is 0 Å². The summed E-state index contributed by atoms with van der Waals surface area (Å²) >= 11 is 6.42. The van der Waals surface area contributed by atoms with Crippen LogP contribution in [0.2, 0.25) is 5.02 Å². The van der Waals surface area contributed by atoms with Crippen molar-refractivity contribution >= 4 is 23.4 Å². The van der Waals surface area contributed by atoms with E-state index in [4.69, 9.17) is 16.7 Å². The first-order chi connectivity index (χ1) is 15.0. The number of nitrogens with one attached hydrogen (secondary N) is 1. The molecule has 0 spiro atoms. The zero-order valence-electron chi connectivity index (χ0n) is 17.9. The molecular formula is C24H29ClN4O2.